The molecule has 6 nitrogen and oxygen atoms in total. The van der Waals surface area contributed by atoms with E-state index >= 15 is 0 Å². The molecule has 10 heteroatoms. The fourth-order valence-electron chi connectivity index (χ4n) is 5.54. The Kier molecular flexibility index (Phi) is 6.05. The van der Waals surface area contributed by atoms with E-state index in [9.17, 15) is 21.6 Å². The molecule has 35 heavy (non-hydrogen) atoms. The first-order valence-corrected chi connectivity index (χ1v) is 13.4. The second-order valence-electron chi connectivity index (χ2n) is 9.93. The summed E-state index contributed by atoms with van der Waals surface area (Å²) in [5.74, 6) is 1.14. The number of sulfonamides is 1. The first-order valence-electron chi connectivity index (χ1n) is 11.9. The highest BCUT2D eigenvalue weighted by atomic mass is 32.2. The highest BCUT2D eigenvalue weighted by molar-refractivity contribution is 7.92. The monoisotopic (exact) mass is 510 g/mol. The molecule has 1 aliphatic carbocycles. The number of anilines is 2. The molecule has 0 aromatic heterocycles. The molecule has 1 saturated carbocycles. The van der Waals surface area contributed by atoms with Crippen LogP contribution in [0.3, 0.4) is 0 Å². The molecule has 1 saturated heterocycles. The Morgan fingerprint density at radius 3 is 2.57 bits per heavy atom. The third-order valence-electron chi connectivity index (χ3n) is 7.66. The largest absolute Gasteiger partial charge is 0.486 e. The van der Waals surface area contributed by atoms with Gasteiger partial charge in [-0.2, -0.15) is 13.2 Å². The molecule has 2 aromatic carbocycles. The van der Waals surface area contributed by atoms with E-state index in [1.807, 2.05) is 4.90 Å². The predicted molar refractivity (Wildman–Crippen MR) is 127 cm³/mol. The van der Waals surface area contributed by atoms with Gasteiger partial charge in [-0.05, 0) is 60.9 Å². The van der Waals surface area contributed by atoms with Gasteiger partial charge in [0.25, 0.3) is 10.0 Å². The molecule has 2 fully saturated rings. The van der Waals surface area contributed by atoms with Crippen LogP contribution in [0.2, 0.25) is 0 Å². The number of ether oxygens (including phenoxy) is 2. The summed E-state index contributed by atoms with van der Waals surface area (Å²) in [5.41, 5.74) is -0.285. The molecule has 1 N–H and O–H groups in total. The van der Waals surface area contributed by atoms with Crippen molar-refractivity contribution in [1.82, 2.24) is 0 Å². The number of nitrogens with one attached hydrogen (secondary N) is 1. The smallest absolute Gasteiger partial charge is 0.416 e. The van der Waals surface area contributed by atoms with Gasteiger partial charge in [-0.1, -0.05) is 19.8 Å². The Morgan fingerprint density at radius 2 is 1.80 bits per heavy atom. The second kappa shape index (κ2) is 8.80. The molecule has 2 aromatic rings. The highest BCUT2D eigenvalue weighted by Gasteiger charge is 2.41. The van der Waals surface area contributed by atoms with Crippen LogP contribution in [-0.2, 0) is 16.2 Å². The Balaban J connectivity index is 1.48. The molecule has 3 aliphatic rings. The summed E-state index contributed by atoms with van der Waals surface area (Å²) >= 11 is 0. The summed E-state index contributed by atoms with van der Waals surface area (Å²) in [7, 11) is -4.19. The number of piperidine rings is 1. The van der Waals surface area contributed by atoms with Crippen molar-refractivity contribution in [3.8, 4) is 11.5 Å². The van der Waals surface area contributed by atoms with Gasteiger partial charge < -0.3 is 14.4 Å². The van der Waals surface area contributed by atoms with Gasteiger partial charge in [0.05, 0.1) is 21.8 Å². The molecule has 2 heterocycles. The first kappa shape index (κ1) is 24.1. The molecule has 0 spiro atoms. The standard InChI is InChI=1S/C25H29F3N2O4S/c1-24-9-3-2-4-18(24)16-30(11-10-24)21-7-5-17(25(26,27)28)14-20(21)29-35(31,32)19-6-8-22-23(15-19)34-13-12-33-22/h5-8,14-15,18,29H,2-4,9-13,16H2,1H3/t18-,24-/m0/s1. The minimum atomic E-state index is -4.60. The van der Waals surface area contributed by atoms with Crippen LogP contribution in [0.15, 0.2) is 41.3 Å². The summed E-state index contributed by atoms with van der Waals surface area (Å²) < 4.78 is 80.5. The van der Waals surface area contributed by atoms with Gasteiger partial charge in [0.2, 0.25) is 0 Å². The van der Waals surface area contributed by atoms with Crippen molar-refractivity contribution in [2.45, 2.75) is 50.1 Å². The fraction of sp³-hybridized carbons (Fsp3) is 0.520. The van der Waals surface area contributed by atoms with Crippen molar-refractivity contribution in [2.24, 2.45) is 11.3 Å². The van der Waals surface area contributed by atoms with Crippen molar-refractivity contribution >= 4 is 21.4 Å². The maximum Gasteiger partial charge on any atom is 0.416 e. The van der Waals surface area contributed by atoms with Crippen molar-refractivity contribution in [3.63, 3.8) is 0 Å². The van der Waals surface area contributed by atoms with Crippen molar-refractivity contribution in [2.75, 3.05) is 35.9 Å². The van der Waals surface area contributed by atoms with E-state index in [0.717, 1.165) is 37.8 Å². The number of fused-ring (bicyclic) bond motifs is 2. The molecule has 0 bridgehead atoms. The molecule has 190 valence electrons. The third kappa shape index (κ3) is 4.77. The van der Waals surface area contributed by atoms with E-state index in [1.165, 1.54) is 30.7 Å². The zero-order valence-electron chi connectivity index (χ0n) is 19.5. The Morgan fingerprint density at radius 1 is 1.03 bits per heavy atom. The summed E-state index contributed by atoms with van der Waals surface area (Å²) in [4.78, 5) is 1.92. The number of halogens is 3. The quantitative estimate of drug-likeness (QED) is 0.573. The van der Waals surface area contributed by atoms with Crippen molar-refractivity contribution in [1.29, 1.82) is 0 Å². The van der Waals surface area contributed by atoms with E-state index in [1.54, 1.807) is 0 Å². The summed E-state index contributed by atoms with van der Waals surface area (Å²) in [6.07, 6.45) is 0.902. The van der Waals surface area contributed by atoms with Crippen LogP contribution < -0.4 is 19.1 Å². The van der Waals surface area contributed by atoms with Gasteiger partial charge >= 0.3 is 6.18 Å². The number of rotatable bonds is 4. The SMILES string of the molecule is C[C@@]12CCCC[C@H]1CN(c1ccc(C(F)(F)F)cc1NS(=O)(=O)c1ccc3c(c1)OCCO3)CC2. The normalized spacial score (nSPS) is 24.6. The molecule has 0 amide bonds. The number of alkyl halides is 3. The van der Waals surface area contributed by atoms with E-state index in [-0.39, 0.29) is 28.4 Å². The number of hydrogen-bond donors (Lipinski definition) is 1. The fourth-order valence-corrected chi connectivity index (χ4v) is 6.62. The Bertz CT molecular complexity index is 1220. The van der Waals surface area contributed by atoms with Gasteiger partial charge in [-0.3, -0.25) is 4.72 Å². The zero-order valence-corrected chi connectivity index (χ0v) is 20.3. The second-order valence-corrected chi connectivity index (χ2v) is 11.6. The van der Waals surface area contributed by atoms with Gasteiger partial charge in [0.15, 0.2) is 11.5 Å². The predicted octanol–water partition coefficient (Wildman–Crippen LogP) is 5.68. The summed E-state index contributed by atoms with van der Waals surface area (Å²) in [6.45, 7) is 4.31. The van der Waals surface area contributed by atoms with Crippen LogP contribution in [0.1, 0.15) is 44.6 Å². The van der Waals surface area contributed by atoms with Crippen LogP contribution in [-0.4, -0.2) is 34.7 Å². The van der Waals surface area contributed by atoms with Gasteiger partial charge in [-0.15, -0.1) is 0 Å². The van der Waals surface area contributed by atoms with Crippen LogP contribution in [0.4, 0.5) is 24.5 Å². The Hall–Kier alpha value is -2.62. The summed E-state index contributed by atoms with van der Waals surface area (Å²) in [6, 6.07) is 7.47. The van der Waals surface area contributed by atoms with Gasteiger partial charge in [0.1, 0.15) is 13.2 Å². The lowest BCUT2D eigenvalue weighted by Crippen LogP contribution is -2.47. The molecule has 2 atom stereocenters. The van der Waals surface area contributed by atoms with Crippen LogP contribution >= 0.6 is 0 Å². The molecule has 0 radical (unpaired) electrons. The lowest BCUT2D eigenvalue weighted by molar-refractivity contribution is -0.137. The lowest BCUT2D eigenvalue weighted by atomic mass is 9.64. The average molecular weight is 511 g/mol. The summed E-state index contributed by atoms with van der Waals surface area (Å²) in [5, 5.41) is 0. The molecular weight excluding hydrogens is 481 g/mol. The molecule has 0 unspecified atom stereocenters. The van der Waals surface area contributed by atoms with Crippen LogP contribution in [0, 0.1) is 11.3 Å². The van der Waals surface area contributed by atoms with Crippen molar-refractivity contribution in [3.05, 3.63) is 42.0 Å². The molecular formula is C25H29F3N2O4S. The van der Waals surface area contributed by atoms with Gasteiger partial charge in [-0.25, -0.2) is 8.42 Å². The van der Waals surface area contributed by atoms with E-state index in [2.05, 4.69) is 11.6 Å². The molecule has 5 rings (SSSR count). The number of hydrogen-bond acceptors (Lipinski definition) is 5. The van der Waals surface area contributed by atoms with Gasteiger partial charge in [0, 0.05) is 19.2 Å². The topological polar surface area (TPSA) is 67.9 Å². The molecule has 2 aliphatic heterocycles. The van der Waals surface area contributed by atoms with E-state index in [4.69, 9.17) is 9.47 Å². The highest BCUT2D eigenvalue weighted by Crippen LogP contribution is 2.48. The first-order chi connectivity index (χ1) is 16.6. The zero-order chi connectivity index (χ0) is 24.8. The lowest BCUT2D eigenvalue weighted by Gasteiger charge is -2.49. The maximum atomic E-state index is 13.5. The van der Waals surface area contributed by atoms with E-state index in [0.29, 0.717) is 37.1 Å². The van der Waals surface area contributed by atoms with Crippen LogP contribution in [0.5, 0.6) is 11.5 Å². The third-order valence-corrected chi connectivity index (χ3v) is 9.03. The van der Waals surface area contributed by atoms with E-state index < -0.39 is 21.8 Å². The number of nitrogens with zero attached hydrogens (tertiary/aromatic N) is 1. The van der Waals surface area contributed by atoms with Crippen LogP contribution in [0.25, 0.3) is 0 Å². The Labute approximate surface area is 203 Å². The maximum absolute atomic E-state index is 13.5. The van der Waals surface area contributed by atoms with Crippen molar-refractivity contribution < 1.29 is 31.1 Å². The minimum Gasteiger partial charge on any atom is -0.486 e. The average Bonchev–Trinajstić information content (AvgIpc) is 2.82. The minimum absolute atomic E-state index is 0.0749. The number of benzene rings is 2.